The van der Waals surface area contributed by atoms with Crippen LogP contribution in [0.3, 0.4) is 0 Å². The summed E-state index contributed by atoms with van der Waals surface area (Å²) in [7, 11) is 3.44. The van der Waals surface area contributed by atoms with Gasteiger partial charge in [0.25, 0.3) is 0 Å². The zero-order valence-corrected chi connectivity index (χ0v) is 7.03. The van der Waals surface area contributed by atoms with Crippen molar-refractivity contribution in [3.8, 4) is 0 Å². The number of urea groups is 1. The van der Waals surface area contributed by atoms with Crippen molar-refractivity contribution in [2.45, 2.75) is 0 Å². The quantitative estimate of drug-likeness (QED) is 0.541. The monoisotopic (exact) mass is 166 g/mol. The van der Waals surface area contributed by atoms with Gasteiger partial charge in [-0.2, -0.15) is 0 Å². The van der Waals surface area contributed by atoms with Crippen LogP contribution >= 0.6 is 0 Å². The van der Waals surface area contributed by atoms with Gasteiger partial charge < -0.3 is 10.2 Å². The van der Waals surface area contributed by atoms with E-state index in [-0.39, 0.29) is 6.03 Å². The summed E-state index contributed by atoms with van der Waals surface area (Å²) >= 11 is 0. The molecule has 2 rings (SSSR count). The van der Waals surface area contributed by atoms with Gasteiger partial charge in [-0.3, -0.25) is 4.90 Å². The number of carbonyl (C=O) groups is 1. The summed E-state index contributed by atoms with van der Waals surface area (Å²) in [6.07, 6.45) is 1.76. The predicted octanol–water partition coefficient (Wildman–Crippen LogP) is -0.216. The molecule has 2 heterocycles. The first-order chi connectivity index (χ1) is 5.70. The maximum absolute atomic E-state index is 11.4. The number of fused-ring (bicyclic) bond motifs is 1. The Morgan fingerprint density at radius 2 is 2.33 bits per heavy atom. The third-order valence-corrected chi connectivity index (χ3v) is 1.97. The molecule has 5 heteroatoms. The molecule has 2 aliphatic rings. The van der Waals surface area contributed by atoms with Crippen molar-refractivity contribution in [2.75, 3.05) is 20.8 Å². The smallest absolute Gasteiger partial charge is 0.329 e. The molecule has 2 aliphatic heterocycles. The van der Waals surface area contributed by atoms with Crippen molar-refractivity contribution in [2.24, 2.45) is 4.99 Å². The Bertz CT molecular complexity index is 294. The summed E-state index contributed by atoms with van der Waals surface area (Å²) in [5.41, 5.74) is 0.916. The Balaban J connectivity index is 2.42. The summed E-state index contributed by atoms with van der Waals surface area (Å²) in [5.74, 6) is 0.734. The molecule has 0 fully saturated rings. The molecular weight excluding hydrogens is 156 g/mol. The van der Waals surface area contributed by atoms with Crippen LogP contribution in [0.2, 0.25) is 0 Å². The predicted molar refractivity (Wildman–Crippen MR) is 44.4 cm³/mol. The number of nitrogens with one attached hydrogen (secondary N) is 1. The van der Waals surface area contributed by atoms with E-state index in [0.29, 0.717) is 6.67 Å². The highest BCUT2D eigenvalue weighted by atomic mass is 16.2. The number of hydrogen-bond acceptors (Lipinski definition) is 3. The van der Waals surface area contributed by atoms with E-state index in [9.17, 15) is 4.79 Å². The van der Waals surface area contributed by atoms with Crippen LogP contribution in [0.15, 0.2) is 16.9 Å². The first-order valence-electron chi connectivity index (χ1n) is 3.71. The molecule has 0 saturated carbocycles. The molecule has 5 nitrogen and oxygen atoms in total. The molecule has 1 N–H and O–H groups in total. The highest BCUT2D eigenvalue weighted by molar-refractivity contribution is 6.09. The molecule has 2 amide bonds. The lowest BCUT2D eigenvalue weighted by Gasteiger charge is -2.27. The second-order valence-corrected chi connectivity index (χ2v) is 2.81. The lowest BCUT2D eigenvalue weighted by atomic mass is 10.3. The van der Waals surface area contributed by atoms with Crippen molar-refractivity contribution in [1.29, 1.82) is 0 Å². The summed E-state index contributed by atoms with van der Waals surface area (Å²) in [5, 5.41) is 3.06. The normalized spacial score (nSPS) is 21.7. The molecule has 0 bridgehead atoms. The maximum atomic E-state index is 11.4. The van der Waals surface area contributed by atoms with Gasteiger partial charge in [-0.15, -0.1) is 0 Å². The van der Waals surface area contributed by atoms with Crippen molar-refractivity contribution in [3.05, 3.63) is 11.9 Å². The van der Waals surface area contributed by atoms with Gasteiger partial charge in [0.05, 0.1) is 5.70 Å². The van der Waals surface area contributed by atoms with Crippen molar-refractivity contribution < 1.29 is 4.79 Å². The minimum atomic E-state index is -0.0544. The topological polar surface area (TPSA) is 47.9 Å². The molecule has 64 valence electrons. The summed E-state index contributed by atoms with van der Waals surface area (Å²) in [6, 6.07) is -0.0544. The van der Waals surface area contributed by atoms with Gasteiger partial charge in [-0.25, -0.2) is 9.79 Å². The fraction of sp³-hybridized carbons (Fsp3) is 0.429. The highest BCUT2D eigenvalue weighted by Gasteiger charge is 2.28. The van der Waals surface area contributed by atoms with Gasteiger partial charge in [0.15, 0.2) is 5.84 Å². The van der Waals surface area contributed by atoms with Crippen LogP contribution in [-0.4, -0.2) is 42.4 Å². The standard InChI is InChI=1S/C7H10N4O/c1-10-3-5-6(9-4-8-5)11(2)7(10)12/h3,8H,4H2,1-2H3. The fourth-order valence-electron chi connectivity index (χ4n) is 1.33. The van der Waals surface area contributed by atoms with E-state index in [2.05, 4.69) is 10.3 Å². The van der Waals surface area contributed by atoms with Crippen molar-refractivity contribution in [1.82, 2.24) is 15.1 Å². The van der Waals surface area contributed by atoms with Crippen molar-refractivity contribution in [3.63, 3.8) is 0 Å². The Morgan fingerprint density at radius 3 is 3.08 bits per heavy atom. The molecule has 0 atom stereocenters. The molecular formula is C7H10N4O. The number of rotatable bonds is 0. The average Bonchev–Trinajstić information content (AvgIpc) is 2.48. The van der Waals surface area contributed by atoms with E-state index in [1.54, 1.807) is 20.3 Å². The number of amides is 2. The fourth-order valence-corrected chi connectivity index (χ4v) is 1.33. The molecule has 0 unspecified atom stereocenters. The molecule has 0 aromatic carbocycles. The number of hydrogen-bond donors (Lipinski definition) is 1. The van der Waals surface area contributed by atoms with Gasteiger partial charge in [-0.05, 0) is 0 Å². The number of carbonyl (C=O) groups excluding carboxylic acids is 1. The molecule has 0 aliphatic carbocycles. The Labute approximate surface area is 70.4 Å². The zero-order chi connectivity index (χ0) is 8.72. The molecule has 12 heavy (non-hydrogen) atoms. The minimum absolute atomic E-state index is 0.0544. The highest BCUT2D eigenvalue weighted by Crippen LogP contribution is 2.13. The molecule has 0 aromatic heterocycles. The van der Waals surface area contributed by atoms with Crippen LogP contribution in [0.1, 0.15) is 0 Å². The van der Waals surface area contributed by atoms with Crippen LogP contribution in [-0.2, 0) is 0 Å². The lowest BCUT2D eigenvalue weighted by Crippen LogP contribution is -2.45. The number of aliphatic imine (C=N–C) groups is 1. The van der Waals surface area contributed by atoms with E-state index in [1.165, 1.54) is 9.80 Å². The second-order valence-electron chi connectivity index (χ2n) is 2.81. The molecule has 0 aromatic rings. The Hall–Kier alpha value is -1.52. The number of amidine groups is 1. The molecule has 0 spiro atoms. The van der Waals surface area contributed by atoms with Gasteiger partial charge >= 0.3 is 6.03 Å². The molecule has 0 radical (unpaired) electrons. The maximum Gasteiger partial charge on any atom is 0.329 e. The molecule has 0 saturated heterocycles. The Kier molecular flexibility index (Phi) is 1.33. The van der Waals surface area contributed by atoms with Gasteiger partial charge in [0, 0.05) is 20.3 Å². The zero-order valence-electron chi connectivity index (χ0n) is 7.03. The summed E-state index contributed by atoms with van der Waals surface area (Å²) in [6.45, 7) is 0.562. The van der Waals surface area contributed by atoms with E-state index < -0.39 is 0 Å². The third kappa shape index (κ3) is 0.792. The van der Waals surface area contributed by atoms with Crippen LogP contribution in [0, 0.1) is 0 Å². The first kappa shape index (κ1) is 7.15. The summed E-state index contributed by atoms with van der Waals surface area (Å²) in [4.78, 5) is 18.6. The van der Waals surface area contributed by atoms with E-state index in [0.717, 1.165) is 11.5 Å². The largest absolute Gasteiger partial charge is 0.362 e. The van der Waals surface area contributed by atoms with Gasteiger partial charge in [0.1, 0.15) is 6.67 Å². The van der Waals surface area contributed by atoms with E-state index in [1.807, 2.05) is 0 Å². The van der Waals surface area contributed by atoms with Crippen molar-refractivity contribution >= 4 is 11.9 Å². The van der Waals surface area contributed by atoms with Crippen LogP contribution < -0.4 is 5.32 Å². The van der Waals surface area contributed by atoms with Gasteiger partial charge in [0.2, 0.25) is 0 Å². The lowest BCUT2D eigenvalue weighted by molar-refractivity contribution is 0.203. The van der Waals surface area contributed by atoms with E-state index in [4.69, 9.17) is 0 Å². The summed E-state index contributed by atoms with van der Waals surface area (Å²) < 4.78 is 0. The minimum Gasteiger partial charge on any atom is -0.362 e. The third-order valence-electron chi connectivity index (χ3n) is 1.97. The van der Waals surface area contributed by atoms with Crippen LogP contribution in [0.4, 0.5) is 4.79 Å². The average molecular weight is 166 g/mol. The van der Waals surface area contributed by atoms with E-state index >= 15 is 0 Å². The number of likely N-dealkylation sites (N-methyl/N-ethyl adjacent to an activating group) is 1. The second kappa shape index (κ2) is 2.23. The van der Waals surface area contributed by atoms with Crippen LogP contribution in [0.25, 0.3) is 0 Å². The SMILES string of the molecule is CN1C=C2NCN=C2N(C)C1=O. The van der Waals surface area contributed by atoms with Crippen LogP contribution in [0.5, 0.6) is 0 Å². The number of nitrogens with zero attached hydrogens (tertiary/aromatic N) is 3. The van der Waals surface area contributed by atoms with Gasteiger partial charge in [-0.1, -0.05) is 0 Å². The Morgan fingerprint density at radius 1 is 1.58 bits per heavy atom. The first-order valence-corrected chi connectivity index (χ1v) is 3.71.